The van der Waals surface area contributed by atoms with Crippen LogP contribution in [0.25, 0.3) is 0 Å². The van der Waals surface area contributed by atoms with Crippen LogP contribution in [0.2, 0.25) is 0 Å². The molecule has 1 aliphatic heterocycles. The van der Waals surface area contributed by atoms with Crippen LogP contribution in [0.4, 0.5) is 0 Å². The topological polar surface area (TPSA) is 77.0 Å². The van der Waals surface area contributed by atoms with Crippen LogP contribution in [0.3, 0.4) is 0 Å². The van der Waals surface area contributed by atoms with Crippen molar-refractivity contribution in [3.05, 3.63) is 53.6 Å². The van der Waals surface area contributed by atoms with Crippen molar-refractivity contribution in [2.75, 3.05) is 26.4 Å². The van der Waals surface area contributed by atoms with Crippen LogP contribution >= 0.6 is 0 Å². The van der Waals surface area contributed by atoms with Crippen molar-refractivity contribution < 1.29 is 24.1 Å². The molecule has 0 radical (unpaired) electrons. The van der Waals surface area contributed by atoms with E-state index in [-0.39, 0.29) is 18.4 Å². The van der Waals surface area contributed by atoms with Crippen molar-refractivity contribution in [3.8, 4) is 17.2 Å². The zero-order valence-corrected chi connectivity index (χ0v) is 16.3. The summed E-state index contributed by atoms with van der Waals surface area (Å²) in [5.41, 5.74) is 1.74. The maximum atomic E-state index is 11.6. The highest BCUT2D eigenvalue weighted by atomic mass is 16.6. The maximum absolute atomic E-state index is 11.6. The van der Waals surface area contributed by atoms with Crippen LogP contribution in [0.5, 0.6) is 17.2 Å². The molecule has 150 valence electrons. The lowest BCUT2D eigenvalue weighted by Gasteiger charge is -2.22. The zero-order valence-electron chi connectivity index (χ0n) is 16.3. The van der Waals surface area contributed by atoms with Gasteiger partial charge < -0.3 is 24.6 Å². The van der Waals surface area contributed by atoms with Gasteiger partial charge in [0.05, 0.1) is 0 Å². The first-order valence-corrected chi connectivity index (χ1v) is 9.64. The Kier molecular flexibility index (Phi) is 6.90. The van der Waals surface area contributed by atoms with Gasteiger partial charge in [0.15, 0.2) is 17.3 Å². The number of hydrogen-bond acceptors (Lipinski definition) is 6. The van der Waals surface area contributed by atoms with E-state index in [1.54, 1.807) is 24.3 Å². The van der Waals surface area contributed by atoms with Gasteiger partial charge in [0.25, 0.3) is 0 Å². The lowest BCUT2D eigenvalue weighted by atomic mass is 10.1. The molecule has 2 aromatic carbocycles. The first-order valence-electron chi connectivity index (χ1n) is 9.64. The Morgan fingerprint density at radius 2 is 1.86 bits per heavy atom. The highest BCUT2D eigenvalue weighted by molar-refractivity contribution is 5.95. The maximum Gasteiger partial charge on any atom is 0.162 e. The molecule has 2 atom stereocenters. The molecule has 3 rings (SSSR count). The summed E-state index contributed by atoms with van der Waals surface area (Å²) in [6.07, 6.45) is -0.178. The normalized spacial score (nSPS) is 15.0. The molecule has 0 fully saturated rings. The Morgan fingerprint density at radius 1 is 1.14 bits per heavy atom. The van der Waals surface area contributed by atoms with E-state index in [0.29, 0.717) is 37.5 Å². The Hall–Kier alpha value is -2.57. The number of carbonyl (C=O) groups excluding carboxylic acids is 1. The number of aliphatic hydroxyl groups excluding tert-OH is 1. The van der Waals surface area contributed by atoms with Crippen molar-refractivity contribution >= 4 is 5.78 Å². The van der Waals surface area contributed by atoms with E-state index >= 15 is 0 Å². The first kappa shape index (κ1) is 20.2. The number of ketones is 1. The van der Waals surface area contributed by atoms with Crippen molar-refractivity contribution in [3.63, 3.8) is 0 Å². The lowest BCUT2D eigenvalue weighted by molar-refractivity contribution is 0.0986. The fraction of sp³-hybridized carbons (Fsp3) is 0.409. The SMILES string of the molecule is CCC(=O)c1ccc(OC[C@H](O)CN[C@H](C)c2ccc3c(c2)OCCO3)cc1. The fourth-order valence-corrected chi connectivity index (χ4v) is 2.95. The summed E-state index contributed by atoms with van der Waals surface area (Å²) < 4.78 is 16.8. The van der Waals surface area contributed by atoms with Crippen LogP contribution in [-0.4, -0.2) is 43.4 Å². The van der Waals surface area contributed by atoms with Crippen molar-refractivity contribution in [1.82, 2.24) is 5.32 Å². The summed E-state index contributed by atoms with van der Waals surface area (Å²) in [5.74, 6) is 2.25. The monoisotopic (exact) mass is 385 g/mol. The molecule has 6 nitrogen and oxygen atoms in total. The summed E-state index contributed by atoms with van der Waals surface area (Å²) in [7, 11) is 0. The van der Waals surface area contributed by atoms with Gasteiger partial charge in [-0.3, -0.25) is 4.79 Å². The molecule has 1 aliphatic rings. The lowest BCUT2D eigenvalue weighted by Crippen LogP contribution is -2.33. The predicted octanol–water partition coefficient (Wildman–Crippen LogP) is 3.14. The van der Waals surface area contributed by atoms with Gasteiger partial charge in [-0.25, -0.2) is 0 Å². The van der Waals surface area contributed by atoms with Gasteiger partial charge in [0.1, 0.15) is 31.7 Å². The molecule has 1 heterocycles. The molecular weight excluding hydrogens is 358 g/mol. The number of benzene rings is 2. The second-order valence-corrected chi connectivity index (χ2v) is 6.80. The Morgan fingerprint density at radius 3 is 2.57 bits per heavy atom. The standard InChI is InChI=1S/C22H27NO5/c1-3-20(25)16-4-7-19(8-5-16)28-14-18(24)13-23-15(2)17-6-9-21-22(12-17)27-11-10-26-21/h4-9,12,15,18,23-24H,3,10-11,13-14H2,1-2H3/t15-,18-/m1/s1. The van der Waals surface area contributed by atoms with Crippen LogP contribution < -0.4 is 19.5 Å². The number of carbonyl (C=O) groups is 1. The van der Waals surface area contributed by atoms with Gasteiger partial charge in [-0.05, 0) is 48.9 Å². The molecule has 0 amide bonds. The molecule has 0 saturated heterocycles. The number of nitrogens with one attached hydrogen (secondary N) is 1. The average molecular weight is 385 g/mol. The van der Waals surface area contributed by atoms with Gasteiger partial charge in [-0.1, -0.05) is 13.0 Å². The Balaban J connectivity index is 1.45. The Labute approximate surface area is 165 Å². The van der Waals surface area contributed by atoms with E-state index in [0.717, 1.165) is 17.1 Å². The quantitative estimate of drug-likeness (QED) is 0.646. The summed E-state index contributed by atoms with van der Waals surface area (Å²) in [6.45, 7) is 5.56. The minimum atomic E-state index is -0.656. The molecule has 6 heteroatoms. The molecule has 0 aliphatic carbocycles. The summed E-state index contributed by atoms with van der Waals surface area (Å²) in [6, 6.07) is 12.9. The molecule has 0 aromatic heterocycles. The van der Waals surface area contributed by atoms with E-state index in [1.165, 1.54) is 0 Å². The highest BCUT2D eigenvalue weighted by Crippen LogP contribution is 2.32. The van der Waals surface area contributed by atoms with Crippen LogP contribution in [0.15, 0.2) is 42.5 Å². The van der Waals surface area contributed by atoms with Crippen molar-refractivity contribution in [1.29, 1.82) is 0 Å². The zero-order chi connectivity index (χ0) is 19.9. The highest BCUT2D eigenvalue weighted by Gasteiger charge is 2.15. The second-order valence-electron chi connectivity index (χ2n) is 6.80. The van der Waals surface area contributed by atoms with Crippen molar-refractivity contribution in [2.24, 2.45) is 0 Å². The third-order valence-electron chi connectivity index (χ3n) is 4.67. The fourth-order valence-electron chi connectivity index (χ4n) is 2.95. The van der Waals surface area contributed by atoms with E-state index in [4.69, 9.17) is 14.2 Å². The van der Waals surface area contributed by atoms with Crippen LogP contribution in [0.1, 0.15) is 42.2 Å². The molecule has 2 N–H and O–H groups in total. The second kappa shape index (κ2) is 9.57. The number of rotatable bonds is 9. The number of aliphatic hydroxyl groups is 1. The van der Waals surface area contributed by atoms with E-state index < -0.39 is 6.10 Å². The van der Waals surface area contributed by atoms with Crippen LogP contribution in [-0.2, 0) is 0 Å². The Bertz CT molecular complexity index is 790. The number of Topliss-reactive ketones (excluding diaryl/α,β-unsaturated/α-hetero) is 1. The third kappa shape index (κ3) is 5.24. The van der Waals surface area contributed by atoms with Crippen LogP contribution in [0, 0.1) is 0 Å². The average Bonchev–Trinajstić information content (AvgIpc) is 2.75. The van der Waals surface area contributed by atoms with Gasteiger partial charge in [0.2, 0.25) is 0 Å². The predicted molar refractivity (Wildman–Crippen MR) is 106 cm³/mol. The number of fused-ring (bicyclic) bond motifs is 1. The molecule has 0 saturated carbocycles. The minimum absolute atomic E-state index is 0.0461. The third-order valence-corrected chi connectivity index (χ3v) is 4.67. The molecule has 2 aromatic rings. The molecule has 0 bridgehead atoms. The summed E-state index contributed by atoms with van der Waals surface area (Å²) in [4.78, 5) is 11.6. The van der Waals surface area contributed by atoms with Gasteiger partial charge >= 0.3 is 0 Å². The summed E-state index contributed by atoms with van der Waals surface area (Å²) >= 11 is 0. The minimum Gasteiger partial charge on any atom is -0.491 e. The van der Waals surface area contributed by atoms with E-state index in [1.807, 2.05) is 32.0 Å². The largest absolute Gasteiger partial charge is 0.491 e. The van der Waals surface area contributed by atoms with Gasteiger partial charge in [-0.15, -0.1) is 0 Å². The van der Waals surface area contributed by atoms with E-state index in [2.05, 4.69) is 5.32 Å². The number of hydrogen-bond donors (Lipinski definition) is 2. The van der Waals surface area contributed by atoms with Crippen molar-refractivity contribution in [2.45, 2.75) is 32.4 Å². The molecule has 0 unspecified atom stereocenters. The molecule has 0 spiro atoms. The van der Waals surface area contributed by atoms with E-state index in [9.17, 15) is 9.90 Å². The van der Waals surface area contributed by atoms with Gasteiger partial charge in [-0.2, -0.15) is 0 Å². The molecule has 28 heavy (non-hydrogen) atoms. The molecular formula is C22H27NO5. The summed E-state index contributed by atoms with van der Waals surface area (Å²) in [5, 5.41) is 13.5. The smallest absolute Gasteiger partial charge is 0.162 e. The van der Waals surface area contributed by atoms with Gasteiger partial charge in [0, 0.05) is 24.6 Å². The first-order chi connectivity index (χ1) is 13.6. The number of ether oxygens (including phenoxy) is 3.